The van der Waals surface area contributed by atoms with Crippen molar-refractivity contribution in [3.63, 3.8) is 0 Å². The third kappa shape index (κ3) is 7.31. The number of rotatable bonds is 12. The summed E-state index contributed by atoms with van der Waals surface area (Å²) in [5, 5.41) is 2.78. The summed E-state index contributed by atoms with van der Waals surface area (Å²) in [5.41, 5.74) is 15.4. The standard InChI is InChI=1S/C32H42N6O5S/c1-2-13-37(14-5-12-35-32(40)43-27-7-4-8-27)31(39)26-15-25-11-10-24(17-29(25)36-30(34)18-26)23-6-3-9-28(16-23)44(41,42)38-20-22(19-33)21-38/h3,6,9-11,15-17,22,27H,2,4-5,7-8,12-14,18-21,33H2,1H3,(H2,34,36)(H,35,40). The molecule has 0 unspecified atom stereocenters. The predicted molar refractivity (Wildman–Crippen MR) is 171 cm³/mol. The highest BCUT2D eigenvalue weighted by Gasteiger charge is 2.36. The van der Waals surface area contributed by atoms with Gasteiger partial charge in [-0.15, -0.1) is 0 Å². The van der Waals surface area contributed by atoms with Crippen LogP contribution in [0, 0.1) is 5.92 Å². The Morgan fingerprint density at radius 2 is 1.89 bits per heavy atom. The first-order valence-corrected chi connectivity index (χ1v) is 16.8. The van der Waals surface area contributed by atoms with E-state index in [1.807, 2.05) is 37.3 Å². The number of sulfonamides is 1. The molecule has 2 aliphatic heterocycles. The van der Waals surface area contributed by atoms with Crippen molar-refractivity contribution in [3.05, 3.63) is 53.6 Å². The molecule has 2 aromatic rings. The lowest BCUT2D eigenvalue weighted by Crippen LogP contribution is -2.52. The minimum Gasteiger partial charge on any atom is -0.446 e. The predicted octanol–water partition coefficient (Wildman–Crippen LogP) is 3.62. The molecule has 2 heterocycles. The molecule has 0 aromatic heterocycles. The van der Waals surface area contributed by atoms with E-state index in [4.69, 9.17) is 16.2 Å². The fourth-order valence-electron chi connectivity index (χ4n) is 5.49. The summed E-state index contributed by atoms with van der Waals surface area (Å²) in [6.45, 7) is 4.84. The molecule has 11 nitrogen and oxygen atoms in total. The second-order valence-corrected chi connectivity index (χ2v) is 13.6. The molecule has 3 aliphatic rings. The highest BCUT2D eigenvalue weighted by Crippen LogP contribution is 2.34. The number of fused-ring (bicyclic) bond motifs is 1. The van der Waals surface area contributed by atoms with Crippen LogP contribution in [0.15, 0.2) is 57.9 Å². The SMILES string of the molecule is CCCN(CCCNC(=O)OC1CCC1)C(=O)C1=Cc2ccc(-c3cccc(S(=O)(=O)N4CC(CN)C4)c3)cc2N=C(N)C1. The van der Waals surface area contributed by atoms with E-state index in [1.54, 1.807) is 23.1 Å². The van der Waals surface area contributed by atoms with E-state index in [0.29, 0.717) is 62.8 Å². The molecule has 0 spiro atoms. The number of hydrogen-bond donors (Lipinski definition) is 3. The van der Waals surface area contributed by atoms with Crippen molar-refractivity contribution < 1.29 is 22.7 Å². The fraction of sp³-hybridized carbons (Fsp3) is 0.469. The van der Waals surface area contributed by atoms with Crippen LogP contribution in [0.3, 0.4) is 0 Å². The van der Waals surface area contributed by atoms with Gasteiger partial charge in [0, 0.05) is 50.3 Å². The smallest absolute Gasteiger partial charge is 0.407 e. The van der Waals surface area contributed by atoms with Gasteiger partial charge >= 0.3 is 6.09 Å². The van der Waals surface area contributed by atoms with Crippen LogP contribution in [0.1, 0.15) is 51.0 Å². The summed E-state index contributed by atoms with van der Waals surface area (Å²) in [5.74, 6) is 0.407. The van der Waals surface area contributed by atoms with E-state index in [0.717, 1.165) is 42.4 Å². The van der Waals surface area contributed by atoms with Gasteiger partial charge in [-0.3, -0.25) is 4.79 Å². The number of alkyl carbamates (subject to hydrolysis) is 1. The van der Waals surface area contributed by atoms with E-state index in [2.05, 4.69) is 10.3 Å². The van der Waals surface area contributed by atoms with Crippen molar-refractivity contribution in [2.45, 2.75) is 56.4 Å². The van der Waals surface area contributed by atoms with Gasteiger partial charge in [0.05, 0.1) is 10.6 Å². The summed E-state index contributed by atoms with van der Waals surface area (Å²) < 4.78 is 33.0. The van der Waals surface area contributed by atoms with Crippen molar-refractivity contribution >= 4 is 39.6 Å². The van der Waals surface area contributed by atoms with Crippen LogP contribution in [0.4, 0.5) is 10.5 Å². The minimum absolute atomic E-state index is 0.0305. The number of amides is 2. The molecule has 5 rings (SSSR count). The Labute approximate surface area is 259 Å². The summed E-state index contributed by atoms with van der Waals surface area (Å²) in [4.78, 5) is 32.2. The maximum atomic E-state index is 13.6. The lowest BCUT2D eigenvalue weighted by atomic mass is 9.96. The van der Waals surface area contributed by atoms with Crippen molar-refractivity contribution in [2.24, 2.45) is 22.4 Å². The number of hydrogen-bond acceptors (Lipinski definition) is 8. The van der Waals surface area contributed by atoms with Crippen LogP contribution in [0.25, 0.3) is 17.2 Å². The lowest BCUT2D eigenvalue weighted by molar-refractivity contribution is -0.127. The van der Waals surface area contributed by atoms with E-state index in [9.17, 15) is 18.0 Å². The van der Waals surface area contributed by atoms with Gasteiger partial charge in [-0.1, -0.05) is 31.2 Å². The number of carbonyl (C=O) groups excluding carboxylic acids is 2. The van der Waals surface area contributed by atoms with E-state index in [-0.39, 0.29) is 29.2 Å². The number of amidine groups is 1. The molecule has 2 fully saturated rings. The Kier molecular flexibility index (Phi) is 10.0. The Bertz CT molecular complexity index is 1550. The maximum Gasteiger partial charge on any atom is 0.407 e. The fourth-order valence-corrected chi connectivity index (χ4v) is 7.13. The summed E-state index contributed by atoms with van der Waals surface area (Å²) in [6, 6.07) is 12.5. The number of nitrogens with zero attached hydrogens (tertiary/aromatic N) is 3. The highest BCUT2D eigenvalue weighted by atomic mass is 32.2. The monoisotopic (exact) mass is 622 g/mol. The van der Waals surface area contributed by atoms with Crippen LogP contribution in [0.5, 0.6) is 0 Å². The Hall–Kier alpha value is -3.74. The maximum absolute atomic E-state index is 13.6. The number of carbonyl (C=O) groups is 2. The van der Waals surface area contributed by atoms with E-state index < -0.39 is 16.1 Å². The topological polar surface area (TPSA) is 160 Å². The molecule has 1 saturated carbocycles. The second kappa shape index (κ2) is 13.9. The molecule has 12 heteroatoms. The molecule has 1 aliphatic carbocycles. The molecule has 0 bridgehead atoms. The van der Waals surface area contributed by atoms with Crippen molar-refractivity contribution in [3.8, 4) is 11.1 Å². The van der Waals surface area contributed by atoms with Gasteiger partial charge in [-0.05, 0) is 80.0 Å². The van der Waals surface area contributed by atoms with Crippen LogP contribution < -0.4 is 16.8 Å². The van der Waals surface area contributed by atoms with Crippen molar-refractivity contribution in [1.82, 2.24) is 14.5 Å². The lowest BCUT2D eigenvalue weighted by Gasteiger charge is -2.37. The largest absolute Gasteiger partial charge is 0.446 e. The van der Waals surface area contributed by atoms with Gasteiger partial charge in [-0.25, -0.2) is 18.2 Å². The van der Waals surface area contributed by atoms with Gasteiger partial charge in [-0.2, -0.15) is 4.31 Å². The van der Waals surface area contributed by atoms with Crippen molar-refractivity contribution in [1.29, 1.82) is 0 Å². The number of nitrogens with one attached hydrogen (secondary N) is 1. The van der Waals surface area contributed by atoms with Crippen LogP contribution >= 0.6 is 0 Å². The number of nitrogens with two attached hydrogens (primary N) is 2. The Balaban J connectivity index is 1.28. The summed E-state index contributed by atoms with van der Waals surface area (Å²) in [7, 11) is -3.60. The summed E-state index contributed by atoms with van der Waals surface area (Å²) in [6.07, 6.45) is 6.00. The molecule has 236 valence electrons. The molecular weight excluding hydrogens is 580 g/mol. The molecule has 5 N–H and O–H groups in total. The van der Waals surface area contributed by atoms with Gasteiger partial charge in [0.25, 0.3) is 0 Å². The summed E-state index contributed by atoms with van der Waals surface area (Å²) >= 11 is 0. The molecule has 1 saturated heterocycles. The van der Waals surface area contributed by atoms with Crippen LogP contribution in [-0.4, -0.2) is 80.8 Å². The van der Waals surface area contributed by atoms with Gasteiger partial charge in [0.15, 0.2) is 0 Å². The molecule has 44 heavy (non-hydrogen) atoms. The Morgan fingerprint density at radius 1 is 1.11 bits per heavy atom. The number of aliphatic imine (C=N–C) groups is 1. The zero-order valence-corrected chi connectivity index (χ0v) is 26.0. The van der Waals surface area contributed by atoms with E-state index >= 15 is 0 Å². The number of benzene rings is 2. The van der Waals surface area contributed by atoms with E-state index in [1.165, 1.54) is 4.31 Å². The normalized spacial score (nSPS) is 17.3. The first-order valence-electron chi connectivity index (χ1n) is 15.4. The molecular formula is C32H42N6O5S. The van der Waals surface area contributed by atoms with Gasteiger partial charge in [0.1, 0.15) is 11.9 Å². The molecule has 2 amide bonds. The minimum atomic E-state index is -3.60. The first kappa shape index (κ1) is 31.7. The third-order valence-corrected chi connectivity index (χ3v) is 10.1. The van der Waals surface area contributed by atoms with Gasteiger partial charge < -0.3 is 26.4 Å². The first-order chi connectivity index (χ1) is 21.2. The molecule has 0 atom stereocenters. The quantitative estimate of drug-likeness (QED) is 0.305. The van der Waals surface area contributed by atoms with Crippen LogP contribution in [-0.2, 0) is 19.6 Å². The molecule has 0 radical (unpaired) electrons. The van der Waals surface area contributed by atoms with Crippen molar-refractivity contribution in [2.75, 3.05) is 39.3 Å². The number of ether oxygens (including phenoxy) is 1. The zero-order valence-electron chi connectivity index (χ0n) is 25.2. The molecule has 2 aromatic carbocycles. The average Bonchev–Trinajstić information content (AvgIpc) is 3.13. The van der Waals surface area contributed by atoms with Gasteiger partial charge in [0.2, 0.25) is 15.9 Å². The zero-order chi connectivity index (χ0) is 31.3. The Morgan fingerprint density at radius 3 is 2.59 bits per heavy atom. The average molecular weight is 623 g/mol. The third-order valence-electron chi connectivity index (χ3n) is 8.31. The van der Waals surface area contributed by atoms with Crippen LogP contribution in [0.2, 0.25) is 0 Å². The highest BCUT2D eigenvalue weighted by molar-refractivity contribution is 7.89. The second-order valence-electron chi connectivity index (χ2n) is 11.7.